The van der Waals surface area contributed by atoms with Crippen molar-refractivity contribution in [3.8, 4) is 11.1 Å². The molecule has 1 heteroatoms. The molecule has 0 spiro atoms. The van der Waals surface area contributed by atoms with Crippen molar-refractivity contribution in [2.45, 2.75) is 26.2 Å². The quantitative estimate of drug-likeness (QED) is 0.784. The lowest BCUT2D eigenvalue weighted by molar-refractivity contribution is 0.191. The summed E-state index contributed by atoms with van der Waals surface area (Å²) in [7, 11) is 1.78. The number of benzene rings is 2. The molecule has 3 rings (SSSR count). The minimum Gasteiger partial charge on any atom is -0.385 e. The minimum absolute atomic E-state index is 0.491. The summed E-state index contributed by atoms with van der Waals surface area (Å²) in [5, 5.41) is 0. The van der Waals surface area contributed by atoms with E-state index >= 15 is 0 Å². The monoisotopic (exact) mass is 252 g/mol. The molecule has 1 aliphatic rings. The Kier molecular flexibility index (Phi) is 3.16. The summed E-state index contributed by atoms with van der Waals surface area (Å²) in [6.45, 7) is 5.14. The number of fused-ring (bicyclic) bond motifs is 3. The zero-order valence-corrected chi connectivity index (χ0v) is 11.9. The fourth-order valence-corrected chi connectivity index (χ4v) is 3.14. The number of rotatable bonds is 3. The normalized spacial score (nSPS) is 16.3. The molecule has 2 aromatic rings. The smallest absolute Gasteiger partial charge is 0.0471 e. The van der Waals surface area contributed by atoms with E-state index in [0.29, 0.717) is 5.92 Å². The Balaban J connectivity index is 2.14. The van der Waals surface area contributed by atoms with Gasteiger partial charge in [-0.05, 0) is 42.5 Å². The van der Waals surface area contributed by atoms with Gasteiger partial charge in [-0.1, -0.05) is 47.5 Å². The number of aryl methyl sites for hydroxylation is 2. The van der Waals surface area contributed by atoms with E-state index in [0.717, 1.165) is 13.0 Å². The van der Waals surface area contributed by atoms with E-state index in [4.69, 9.17) is 4.74 Å². The predicted octanol–water partition coefficient (Wildman–Crippen LogP) is 4.45. The van der Waals surface area contributed by atoms with Crippen LogP contribution in [0.3, 0.4) is 0 Å². The third-order valence-corrected chi connectivity index (χ3v) is 4.07. The second kappa shape index (κ2) is 4.82. The molecular formula is C18H20O. The van der Waals surface area contributed by atoms with E-state index in [9.17, 15) is 0 Å². The Hall–Kier alpha value is -1.60. The van der Waals surface area contributed by atoms with Crippen molar-refractivity contribution in [3.05, 3.63) is 58.7 Å². The van der Waals surface area contributed by atoms with Crippen LogP contribution in [0.1, 0.15) is 34.6 Å². The van der Waals surface area contributed by atoms with E-state index in [1.165, 1.54) is 33.4 Å². The Bertz CT molecular complexity index is 613. The molecule has 0 amide bonds. The van der Waals surface area contributed by atoms with Crippen LogP contribution in [-0.4, -0.2) is 13.7 Å². The van der Waals surface area contributed by atoms with Crippen molar-refractivity contribution in [2.75, 3.05) is 13.7 Å². The lowest BCUT2D eigenvalue weighted by Crippen LogP contribution is -2.01. The molecule has 1 nitrogen and oxygen atoms in total. The molecule has 0 aliphatic heterocycles. The van der Waals surface area contributed by atoms with Crippen LogP contribution in [0.2, 0.25) is 0 Å². The summed E-state index contributed by atoms with van der Waals surface area (Å²) in [6, 6.07) is 13.7. The largest absolute Gasteiger partial charge is 0.385 e. The fraction of sp³-hybridized carbons (Fsp3) is 0.333. The molecule has 0 bridgehead atoms. The average molecular weight is 252 g/mol. The molecule has 98 valence electrons. The molecule has 1 aliphatic carbocycles. The van der Waals surface area contributed by atoms with Crippen molar-refractivity contribution in [3.63, 3.8) is 0 Å². The number of methoxy groups -OCH3 is 1. The van der Waals surface area contributed by atoms with Crippen LogP contribution in [0.25, 0.3) is 11.1 Å². The predicted molar refractivity (Wildman–Crippen MR) is 79.7 cm³/mol. The molecule has 0 aromatic heterocycles. The van der Waals surface area contributed by atoms with Gasteiger partial charge >= 0.3 is 0 Å². The fourth-order valence-electron chi connectivity index (χ4n) is 3.14. The number of ether oxygens (including phenoxy) is 1. The first-order valence-corrected chi connectivity index (χ1v) is 6.91. The van der Waals surface area contributed by atoms with Crippen molar-refractivity contribution in [1.82, 2.24) is 0 Å². The van der Waals surface area contributed by atoms with Crippen LogP contribution in [-0.2, 0) is 4.74 Å². The van der Waals surface area contributed by atoms with Gasteiger partial charge in [0, 0.05) is 19.6 Å². The molecule has 1 atom stereocenters. The molecule has 2 aromatic carbocycles. The van der Waals surface area contributed by atoms with Crippen LogP contribution in [0.4, 0.5) is 0 Å². The van der Waals surface area contributed by atoms with Gasteiger partial charge in [-0.15, -0.1) is 0 Å². The number of hydrogen-bond donors (Lipinski definition) is 0. The lowest BCUT2D eigenvalue weighted by atomic mass is 9.93. The molecule has 0 radical (unpaired) electrons. The first-order valence-electron chi connectivity index (χ1n) is 6.91. The number of hydrogen-bond acceptors (Lipinski definition) is 1. The summed E-state index contributed by atoms with van der Waals surface area (Å²) in [5.41, 5.74) is 8.42. The maximum atomic E-state index is 5.29. The summed E-state index contributed by atoms with van der Waals surface area (Å²) in [4.78, 5) is 0. The summed E-state index contributed by atoms with van der Waals surface area (Å²) in [6.07, 6.45) is 1.06. The van der Waals surface area contributed by atoms with Gasteiger partial charge < -0.3 is 4.74 Å². The SMILES string of the molecule is COCCC1c2ccc(C)cc2-c2ccc(C)cc21. The minimum atomic E-state index is 0.491. The third-order valence-electron chi connectivity index (χ3n) is 4.07. The Morgan fingerprint density at radius 1 is 0.895 bits per heavy atom. The topological polar surface area (TPSA) is 9.23 Å². The highest BCUT2D eigenvalue weighted by Gasteiger charge is 2.28. The molecule has 19 heavy (non-hydrogen) atoms. The Morgan fingerprint density at radius 2 is 1.63 bits per heavy atom. The summed E-state index contributed by atoms with van der Waals surface area (Å²) >= 11 is 0. The Morgan fingerprint density at radius 3 is 2.42 bits per heavy atom. The van der Waals surface area contributed by atoms with Crippen LogP contribution in [0, 0.1) is 13.8 Å². The maximum absolute atomic E-state index is 5.29. The molecule has 1 unspecified atom stereocenters. The van der Waals surface area contributed by atoms with E-state index < -0.39 is 0 Å². The van der Waals surface area contributed by atoms with Crippen LogP contribution in [0.5, 0.6) is 0 Å². The van der Waals surface area contributed by atoms with E-state index in [-0.39, 0.29) is 0 Å². The van der Waals surface area contributed by atoms with Crippen LogP contribution < -0.4 is 0 Å². The van der Waals surface area contributed by atoms with Crippen LogP contribution in [0.15, 0.2) is 36.4 Å². The summed E-state index contributed by atoms with van der Waals surface area (Å²) < 4.78 is 5.29. The highest BCUT2D eigenvalue weighted by atomic mass is 16.5. The molecule has 0 heterocycles. The van der Waals surface area contributed by atoms with Gasteiger partial charge in [-0.3, -0.25) is 0 Å². The van der Waals surface area contributed by atoms with Gasteiger partial charge in [0.2, 0.25) is 0 Å². The van der Waals surface area contributed by atoms with Crippen molar-refractivity contribution in [2.24, 2.45) is 0 Å². The van der Waals surface area contributed by atoms with Crippen molar-refractivity contribution >= 4 is 0 Å². The lowest BCUT2D eigenvalue weighted by Gasteiger charge is -2.13. The van der Waals surface area contributed by atoms with Gasteiger partial charge in [0.25, 0.3) is 0 Å². The summed E-state index contributed by atoms with van der Waals surface area (Å²) in [5.74, 6) is 0.491. The second-order valence-electron chi connectivity index (χ2n) is 5.52. The van der Waals surface area contributed by atoms with E-state index in [1.807, 2.05) is 0 Å². The van der Waals surface area contributed by atoms with Crippen LogP contribution >= 0.6 is 0 Å². The standard InChI is InChI=1S/C18H20O/c1-12-4-6-14-16(8-9-19-3)18-11-13(2)5-7-15(18)17(14)10-12/h4-7,10-11,16H,8-9H2,1-3H3. The molecular weight excluding hydrogens is 232 g/mol. The van der Waals surface area contributed by atoms with Gasteiger partial charge in [0.15, 0.2) is 0 Å². The third kappa shape index (κ3) is 2.08. The van der Waals surface area contributed by atoms with Gasteiger partial charge in [0.1, 0.15) is 0 Å². The zero-order chi connectivity index (χ0) is 13.4. The van der Waals surface area contributed by atoms with Crippen molar-refractivity contribution < 1.29 is 4.74 Å². The van der Waals surface area contributed by atoms with Gasteiger partial charge in [-0.2, -0.15) is 0 Å². The first kappa shape index (κ1) is 12.4. The molecule has 0 saturated carbocycles. The second-order valence-corrected chi connectivity index (χ2v) is 5.52. The van der Waals surface area contributed by atoms with E-state index in [1.54, 1.807) is 7.11 Å². The highest BCUT2D eigenvalue weighted by Crippen LogP contribution is 2.46. The molecule has 0 saturated heterocycles. The van der Waals surface area contributed by atoms with Crippen molar-refractivity contribution in [1.29, 1.82) is 0 Å². The van der Waals surface area contributed by atoms with Gasteiger partial charge in [0.05, 0.1) is 0 Å². The molecule has 0 fully saturated rings. The highest BCUT2D eigenvalue weighted by molar-refractivity contribution is 5.79. The zero-order valence-electron chi connectivity index (χ0n) is 11.9. The molecule has 0 N–H and O–H groups in total. The maximum Gasteiger partial charge on any atom is 0.0471 e. The van der Waals surface area contributed by atoms with E-state index in [2.05, 4.69) is 50.2 Å². The average Bonchev–Trinajstić information content (AvgIpc) is 2.69. The first-order chi connectivity index (χ1) is 9.20. The Labute approximate surface area is 115 Å². The van der Waals surface area contributed by atoms with Gasteiger partial charge in [-0.25, -0.2) is 0 Å².